The SMILES string of the molecule is CC1(C)c2ccccc2-c2cccc(-c3cccc(C(=C/C(N)c4ccccc4)/N=C/c4c5ccccc5cc5c4ccc4ccccc45)c3)c21. The maximum absolute atomic E-state index is 6.90. The van der Waals surface area contributed by atoms with E-state index in [2.05, 4.69) is 172 Å². The van der Waals surface area contributed by atoms with Crippen LogP contribution >= 0.6 is 0 Å². The first-order chi connectivity index (χ1) is 25.0. The van der Waals surface area contributed by atoms with Gasteiger partial charge in [-0.1, -0.05) is 166 Å². The summed E-state index contributed by atoms with van der Waals surface area (Å²) in [6, 6.07) is 58.2. The van der Waals surface area contributed by atoms with Crippen LogP contribution in [-0.2, 0) is 5.41 Å². The number of nitrogens with two attached hydrogens (primary N) is 1. The summed E-state index contributed by atoms with van der Waals surface area (Å²) in [7, 11) is 0. The molecule has 0 saturated heterocycles. The molecular formula is C49H38N2. The van der Waals surface area contributed by atoms with Crippen molar-refractivity contribution in [2.24, 2.45) is 10.7 Å². The normalized spacial score (nSPS) is 14.3. The lowest BCUT2D eigenvalue weighted by atomic mass is 9.78. The zero-order chi connectivity index (χ0) is 34.5. The van der Waals surface area contributed by atoms with Crippen molar-refractivity contribution < 1.29 is 0 Å². The van der Waals surface area contributed by atoms with Gasteiger partial charge in [0, 0.05) is 22.8 Å². The monoisotopic (exact) mass is 654 g/mol. The average molecular weight is 655 g/mol. The van der Waals surface area contributed by atoms with Gasteiger partial charge in [-0.15, -0.1) is 0 Å². The lowest BCUT2D eigenvalue weighted by molar-refractivity contribution is 0.662. The van der Waals surface area contributed by atoms with Crippen molar-refractivity contribution in [1.82, 2.24) is 0 Å². The Bertz CT molecular complexity index is 2680. The number of benzene rings is 8. The Morgan fingerprint density at radius 3 is 2.12 bits per heavy atom. The van der Waals surface area contributed by atoms with Gasteiger partial charge in [0.05, 0.1) is 11.7 Å². The molecule has 0 amide bonds. The van der Waals surface area contributed by atoms with Gasteiger partial charge < -0.3 is 5.73 Å². The highest BCUT2D eigenvalue weighted by molar-refractivity contribution is 6.20. The quantitative estimate of drug-likeness (QED) is 0.108. The molecule has 0 aliphatic heterocycles. The van der Waals surface area contributed by atoms with Gasteiger partial charge in [-0.25, -0.2) is 0 Å². The van der Waals surface area contributed by atoms with Gasteiger partial charge in [-0.2, -0.15) is 0 Å². The average Bonchev–Trinajstić information content (AvgIpc) is 3.42. The largest absolute Gasteiger partial charge is 0.321 e. The minimum Gasteiger partial charge on any atom is -0.321 e. The van der Waals surface area contributed by atoms with E-state index in [1.54, 1.807) is 0 Å². The van der Waals surface area contributed by atoms with Crippen molar-refractivity contribution in [1.29, 1.82) is 0 Å². The number of rotatable bonds is 6. The topological polar surface area (TPSA) is 38.4 Å². The zero-order valence-electron chi connectivity index (χ0n) is 28.8. The van der Waals surface area contributed by atoms with Crippen molar-refractivity contribution in [2.75, 3.05) is 0 Å². The van der Waals surface area contributed by atoms with Crippen LogP contribution in [0.4, 0.5) is 0 Å². The molecule has 2 heteroatoms. The molecule has 51 heavy (non-hydrogen) atoms. The van der Waals surface area contributed by atoms with E-state index in [0.717, 1.165) is 22.4 Å². The first-order valence-corrected chi connectivity index (χ1v) is 17.7. The number of fused-ring (bicyclic) bond motifs is 7. The van der Waals surface area contributed by atoms with E-state index in [-0.39, 0.29) is 11.5 Å². The van der Waals surface area contributed by atoms with E-state index in [1.807, 2.05) is 18.2 Å². The molecular weight excluding hydrogens is 617 g/mol. The molecule has 0 aromatic heterocycles. The smallest absolute Gasteiger partial charge is 0.0681 e. The Hall–Kier alpha value is -6.09. The molecule has 0 heterocycles. The second-order valence-electron chi connectivity index (χ2n) is 14.1. The summed E-state index contributed by atoms with van der Waals surface area (Å²) in [6.45, 7) is 4.69. The standard InChI is InChI=1S/C49H38N2/c1-49(2)45-25-11-10-22-41(45)42-24-13-23-39(48(42)49)34-18-12-19-36(28-34)47(30-46(50)33-15-4-3-5-16-33)51-31-44-38-21-9-7-17-35(38)29-43-37-20-8-6-14-32(37)26-27-40(43)44/h3-31,46H,50H2,1-2H3/b47-30-,51-31+. The highest BCUT2D eigenvalue weighted by Gasteiger charge is 2.37. The van der Waals surface area contributed by atoms with E-state index in [4.69, 9.17) is 10.7 Å². The Balaban J connectivity index is 1.22. The third kappa shape index (κ3) is 5.28. The molecule has 0 radical (unpaired) electrons. The summed E-state index contributed by atoms with van der Waals surface area (Å²) in [5.74, 6) is 0. The molecule has 1 aliphatic carbocycles. The third-order valence-electron chi connectivity index (χ3n) is 10.7. The van der Waals surface area contributed by atoms with Crippen molar-refractivity contribution >= 4 is 44.2 Å². The maximum atomic E-state index is 6.90. The summed E-state index contributed by atoms with van der Waals surface area (Å²) in [4.78, 5) is 5.33. The minimum absolute atomic E-state index is 0.120. The predicted molar refractivity (Wildman–Crippen MR) is 217 cm³/mol. The van der Waals surface area contributed by atoms with E-state index in [9.17, 15) is 0 Å². The second kappa shape index (κ2) is 12.4. The molecule has 0 bridgehead atoms. The molecule has 8 aromatic rings. The fourth-order valence-corrected chi connectivity index (χ4v) is 8.22. The molecule has 1 aliphatic rings. The van der Waals surface area contributed by atoms with Gasteiger partial charge in [0.25, 0.3) is 0 Å². The van der Waals surface area contributed by atoms with Gasteiger partial charge in [0.1, 0.15) is 0 Å². The van der Waals surface area contributed by atoms with Crippen LogP contribution in [-0.4, -0.2) is 6.21 Å². The molecule has 0 saturated carbocycles. The first-order valence-electron chi connectivity index (χ1n) is 17.7. The Kier molecular flexibility index (Phi) is 7.49. The summed E-state index contributed by atoms with van der Waals surface area (Å²) in [5, 5.41) is 7.24. The number of nitrogens with zero attached hydrogens (tertiary/aromatic N) is 1. The number of hydrogen-bond donors (Lipinski definition) is 1. The summed E-state index contributed by atoms with van der Waals surface area (Å²) in [5.41, 5.74) is 18.6. The van der Waals surface area contributed by atoms with E-state index in [1.165, 1.54) is 65.7 Å². The predicted octanol–water partition coefficient (Wildman–Crippen LogP) is 12.3. The Morgan fingerprint density at radius 2 is 1.25 bits per heavy atom. The van der Waals surface area contributed by atoms with Crippen molar-refractivity contribution in [3.63, 3.8) is 0 Å². The van der Waals surface area contributed by atoms with Gasteiger partial charge in [0.15, 0.2) is 0 Å². The second-order valence-corrected chi connectivity index (χ2v) is 14.1. The van der Waals surface area contributed by atoms with Crippen LogP contribution in [0.1, 0.15) is 47.7 Å². The third-order valence-corrected chi connectivity index (χ3v) is 10.7. The number of hydrogen-bond acceptors (Lipinski definition) is 2. The first kappa shape index (κ1) is 30.9. The van der Waals surface area contributed by atoms with Gasteiger partial charge in [-0.05, 0) is 89.5 Å². The van der Waals surface area contributed by atoms with Crippen LogP contribution < -0.4 is 5.73 Å². The van der Waals surface area contributed by atoms with Crippen LogP contribution in [0.2, 0.25) is 0 Å². The van der Waals surface area contributed by atoms with Crippen molar-refractivity contribution in [3.8, 4) is 22.3 Å². The van der Waals surface area contributed by atoms with Crippen LogP contribution in [0, 0.1) is 0 Å². The lowest BCUT2D eigenvalue weighted by Gasteiger charge is -2.24. The van der Waals surface area contributed by atoms with E-state index < -0.39 is 0 Å². The lowest BCUT2D eigenvalue weighted by Crippen LogP contribution is -2.16. The van der Waals surface area contributed by atoms with E-state index in [0.29, 0.717) is 0 Å². The molecule has 2 N–H and O–H groups in total. The molecule has 1 unspecified atom stereocenters. The van der Waals surface area contributed by atoms with Crippen LogP contribution in [0.15, 0.2) is 175 Å². The van der Waals surface area contributed by atoms with E-state index >= 15 is 0 Å². The Labute approximate surface area is 299 Å². The fraction of sp³-hybridized carbons (Fsp3) is 0.0816. The van der Waals surface area contributed by atoms with Crippen LogP contribution in [0.5, 0.6) is 0 Å². The highest BCUT2D eigenvalue weighted by atomic mass is 14.7. The molecule has 0 spiro atoms. The Morgan fingerprint density at radius 1 is 0.569 bits per heavy atom. The molecule has 0 fully saturated rings. The minimum atomic E-state index is -0.329. The van der Waals surface area contributed by atoms with Gasteiger partial charge in [0.2, 0.25) is 0 Å². The van der Waals surface area contributed by atoms with Gasteiger partial charge in [-0.3, -0.25) is 4.99 Å². The molecule has 1 atom stereocenters. The number of aliphatic imine (C=N–C) groups is 1. The fourth-order valence-electron chi connectivity index (χ4n) is 8.22. The van der Waals surface area contributed by atoms with Gasteiger partial charge >= 0.3 is 0 Å². The summed E-state index contributed by atoms with van der Waals surface area (Å²) < 4.78 is 0. The summed E-state index contributed by atoms with van der Waals surface area (Å²) >= 11 is 0. The molecule has 2 nitrogen and oxygen atoms in total. The van der Waals surface area contributed by atoms with Crippen molar-refractivity contribution in [2.45, 2.75) is 25.3 Å². The molecule has 9 rings (SSSR count). The zero-order valence-corrected chi connectivity index (χ0v) is 28.8. The highest BCUT2D eigenvalue weighted by Crippen LogP contribution is 2.52. The summed E-state index contributed by atoms with van der Waals surface area (Å²) in [6.07, 6.45) is 4.15. The maximum Gasteiger partial charge on any atom is 0.0681 e. The van der Waals surface area contributed by atoms with Crippen LogP contribution in [0.3, 0.4) is 0 Å². The van der Waals surface area contributed by atoms with Crippen LogP contribution in [0.25, 0.3) is 60.3 Å². The molecule has 244 valence electrons. The van der Waals surface area contributed by atoms with Crippen molar-refractivity contribution in [3.05, 3.63) is 198 Å². The molecule has 8 aromatic carbocycles.